The molecule has 2 rings (SSSR count). The third-order valence-electron chi connectivity index (χ3n) is 1.71. The number of aromatic nitrogens is 2. The predicted octanol–water partition coefficient (Wildman–Crippen LogP) is 0.515. The van der Waals surface area contributed by atoms with E-state index >= 15 is 0 Å². The van der Waals surface area contributed by atoms with Crippen LogP contribution in [0.4, 0.5) is 0 Å². The Labute approximate surface area is 70.3 Å². The second-order valence-corrected chi connectivity index (χ2v) is 2.77. The quantitative estimate of drug-likeness (QED) is 0.645. The van der Waals surface area contributed by atoms with Crippen molar-refractivity contribution >= 4 is 0 Å². The smallest absolute Gasteiger partial charge is 0.232 e. The molecule has 0 aliphatic carbocycles. The first-order valence-electron chi connectivity index (χ1n) is 4.01. The van der Waals surface area contributed by atoms with Gasteiger partial charge in [-0.05, 0) is 6.42 Å². The molecular weight excluding hydrogens is 158 g/mol. The van der Waals surface area contributed by atoms with E-state index in [4.69, 9.17) is 9.25 Å². The van der Waals surface area contributed by atoms with Crippen LogP contribution < -0.4 is 0 Å². The van der Waals surface area contributed by atoms with Gasteiger partial charge in [-0.3, -0.25) is 4.84 Å². The fourth-order valence-corrected chi connectivity index (χ4v) is 1.18. The fraction of sp³-hybridized carbons (Fsp3) is 0.714. The van der Waals surface area contributed by atoms with Crippen LogP contribution in [-0.2, 0) is 11.4 Å². The Balaban J connectivity index is 1.94. The van der Waals surface area contributed by atoms with Gasteiger partial charge in [-0.25, -0.2) is 0 Å². The van der Waals surface area contributed by atoms with Gasteiger partial charge in [0.25, 0.3) is 0 Å². The van der Waals surface area contributed by atoms with Crippen LogP contribution in [0.3, 0.4) is 0 Å². The third kappa shape index (κ3) is 1.62. The van der Waals surface area contributed by atoms with E-state index in [1.54, 1.807) is 6.92 Å². The lowest BCUT2D eigenvalue weighted by atomic mass is 10.5. The van der Waals surface area contributed by atoms with Crippen molar-refractivity contribution < 1.29 is 9.25 Å². The third-order valence-corrected chi connectivity index (χ3v) is 1.71. The number of hydrogen-bond donors (Lipinski definition) is 0. The zero-order valence-corrected chi connectivity index (χ0v) is 6.99. The molecule has 0 radical (unpaired) electrons. The molecule has 0 amide bonds. The minimum absolute atomic E-state index is 0.598. The summed E-state index contributed by atoms with van der Waals surface area (Å²) in [7, 11) is 0. The Kier molecular flexibility index (Phi) is 2.05. The second kappa shape index (κ2) is 3.20. The highest BCUT2D eigenvalue weighted by Gasteiger charge is 2.15. The van der Waals surface area contributed by atoms with Crippen molar-refractivity contribution in [3.63, 3.8) is 0 Å². The van der Waals surface area contributed by atoms with Crippen molar-refractivity contribution in [3.05, 3.63) is 11.8 Å². The molecule has 1 aliphatic rings. The van der Waals surface area contributed by atoms with E-state index < -0.39 is 0 Å². The van der Waals surface area contributed by atoms with Crippen molar-refractivity contribution in [3.8, 4) is 0 Å². The maximum atomic E-state index is 5.27. The molecule has 0 spiro atoms. The first-order chi connectivity index (χ1) is 5.84. The lowest BCUT2D eigenvalue weighted by Gasteiger charge is -2.09. The van der Waals surface area contributed by atoms with Crippen LogP contribution in [0.2, 0.25) is 0 Å². The van der Waals surface area contributed by atoms with Gasteiger partial charge in [-0.2, -0.15) is 5.06 Å². The Morgan fingerprint density at radius 1 is 1.50 bits per heavy atom. The highest BCUT2D eigenvalue weighted by Crippen LogP contribution is 2.09. The van der Waals surface area contributed by atoms with Crippen LogP contribution in [0.25, 0.3) is 0 Å². The molecule has 0 atom stereocenters. The van der Waals surface area contributed by atoms with E-state index in [0.29, 0.717) is 18.3 Å². The maximum absolute atomic E-state index is 5.27. The molecule has 0 bridgehead atoms. The predicted molar refractivity (Wildman–Crippen MR) is 40.0 cm³/mol. The summed E-state index contributed by atoms with van der Waals surface area (Å²) in [6, 6.07) is 0. The molecule has 1 aromatic heterocycles. The first kappa shape index (κ1) is 7.70. The Morgan fingerprint density at radius 3 is 3.00 bits per heavy atom. The van der Waals surface area contributed by atoms with Gasteiger partial charge in [0.1, 0.15) is 6.54 Å². The van der Waals surface area contributed by atoms with Crippen LogP contribution >= 0.6 is 0 Å². The molecule has 1 aromatic rings. The molecule has 66 valence electrons. The Morgan fingerprint density at radius 2 is 2.42 bits per heavy atom. The molecule has 0 unspecified atom stereocenters. The molecule has 1 saturated heterocycles. The molecular formula is C7H11N3O2. The summed E-state index contributed by atoms with van der Waals surface area (Å²) in [4.78, 5) is 5.27. The SMILES string of the molecule is Cc1nnc(CN2CCCO2)o1. The summed E-state index contributed by atoms with van der Waals surface area (Å²) < 4.78 is 5.20. The van der Waals surface area contributed by atoms with Gasteiger partial charge in [-0.15, -0.1) is 10.2 Å². The Hall–Kier alpha value is -0.940. The molecule has 2 heterocycles. The number of hydroxylamine groups is 2. The average Bonchev–Trinajstić information content (AvgIpc) is 2.63. The maximum Gasteiger partial charge on any atom is 0.232 e. The highest BCUT2D eigenvalue weighted by molar-refractivity contribution is 4.78. The Bertz CT molecular complexity index is 255. The summed E-state index contributed by atoms with van der Waals surface area (Å²) in [5, 5.41) is 9.44. The lowest BCUT2D eigenvalue weighted by Crippen LogP contribution is -2.17. The highest BCUT2D eigenvalue weighted by atomic mass is 16.7. The fourth-order valence-electron chi connectivity index (χ4n) is 1.18. The monoisotopic (exact) mass is 169 g/mol. The molecule has 0 saturated carbocycles. The van der Waals surface area contributed by atoms with E-state index in [1.807, 2.05) is 5.06 Å². The van der Waals surface area contributed by atoms with Gasteiger partial charge in [0.15, 0.2) is 0 Å². The summed E-state index contributed by atoms with van der Waals surface area (Å²) in [5.74, 6) is 1.22. The van der Waals surface area contributed by atoms with Gasteiger partial charge in [0.2, 0.25) is 11.8 Å². The van der Waals surface area contributed by atoms with Gasteiger partial charge >= 0.3 is 0 Å². The first-order valence-corrected chi connectivity index (χ1v) is 4.01. The minimum atomic E-state index is 0.598. The molecule has 0 aromatic carbocycles. The molecule has 0 N–H and O–H groups in total. The standard InChI is InChI=1S/C7H11N3O2/c1-6-8-9-7(12-6)5-10-3-2-4-11-10/h2-5H2,1H3. The number of hydrogen-bond acceptors (Lipinski definition) is 5. The van der Waals surface area contributed by atoms with E-state index in [9.17, 15) is 0 Å². The summed E-state index contributed by atoms with van der Waals surface area (Å²) in [5.41, 5.74) is 0. The summed E-state index contributed by atoms with van der Waals surface area (Å²) in [6.07, 6.45) is 1.08. The van der Waals surface area contributed by atoms with E-state index in [2.05, 4.69) is 10.2 Å². The van der Waals surface area contributed by atoms with Crippen molar-refractivity contribution in [1.82, 2.24) is 15.3 Å². The van der Waals surface area contributed by atoms with Crippen LogP contribution in [0.15, 0.2) is 4.42 Å². The number of rotatable bonds is 2. The zero-order valence-electron chi connectivity index (χ0n) is 6.99. The van der Waals surface area contributed by atoms with Crippen molar-refractivity contribution in [2.75, 3.05) is 13.2 Å². The van der Waals surface area contributed by atoms with Crippen LogP contribution in [0.1, 0.15) is 18.2 Å². The molecule has 12 heavy (non-hydrogen) atoms. The largest absolute Gasteiger partial charge is 0.424 e. The summed E-state index contributed by atoms with van der Waals surface area (Å²) in [6.45, 7) is 4.12. The lowest BCUT2D eigenvalue weighted by molar-refractivity contribution is -0.121. The van der Waals surface area contributed by atoms with Gasteiger partial charge < -0.3 is 4.42 Å². The molecule has 1 fully saturated rings. The van der Waals surface area contributed by atoms with Crippen LogP contribution in [-0.4, -0.2) is 28.4 Å². The zero-order chi connectivity index (χ0) is 8.39. The molecule has 5 heteroatoms. The van der Waals surface area contributed by atoms with Crippen molar-refractivity contribution in [2.24, 2.45) is 0 Å². The normalized spacial score (nSPS) is 18.8. The molecule has 5 nitrogen and oxygen atoms in total. The van der Waals surface area contributed by atoms with Crippen molar-refractivity contribution in [2.45, 2.75) is 19.9 Å². The topological polar surface area (TPSA) is 51.4 Å². The van der Waals surface area contributed by atoms with Crippen molar-refractivity contribution in [1.29, 1.82) is 0 Å². The average molecular weight is 169 g/mol. The van der Waals surface area contributed by atoms with E-state index in [1.165, 1.54) is 0 Å². The van der Waals surface area contributed by atoms with Gasteiger partial charge in [-0.1, -0.05) is 0 Å². The number of aryl methyl sites for hydroxylation is 1. The van der Waals surface area contributed by atoms with Gasteiger partial charge in [0.05, 0.1) is 6.61 Å². The number of nitrogens with zero attached hydrogens (tertiary/aromatic N) is 3. The van der Waals surface area contributed by atoms with E-state index in [-0.39, 0.29) is 0 Å². The minimum Gasteiger partial charge on any atom is -0.424 e. The summed E-state index contributed by atoms with van der Waals surface area (Å²) >= 11 is 0. The molecule has 1 aliphatic heterocycles. The van der Waals surface area contributed by atoms with Gasteiger partial charge in [0, 0.05) is 13.5 Å². The van der Waals surface area contributed by atoms with E-state index in [0.717, 1.165) is 19.6 Å². The van der Waals surface area contributed by atoms with Crippen LogP contribution in [0, 0.1) is 6.92 Å². The second-order valence-electron chi connectivity index (χ2n) is 2.77. The van der Waals surface area contributed by atoms with Crippen LogP contribution in [0.5, 0.6) is 0 Å².